The highest BCUT2D eigenvalue weighted by Crippen LogP contribution is 2.63. The summed E-state index contributed by atoms with van der Waals surface area (Å²) in [5.41, 5.74) is 29.2. The highest BCUT2D eigenvalue weighted by atomic mass is 14.9. The van der Waals surface area contributed by atoms with E-state index in [1.807, 2.05) is 0 Å². The summed E-state index contributed by atoms with van der Waals surface area (Å²) < 4.78 is 2.75. The molecule has 2 fully saturated rings. The number of nitrogens with zero attached hydrogens (tertiary/aromatic N) is 1. The van der Waals surface area contributed by atoms with Crippen molar-refractivity contribution >= 4 is 60.4 Å². The largest absolute Gasteiger partial charge is 0.308 e. The summed E-state index contributed by atoms with van der Waals surface area (Å²) >= 11 is 0. The Labute approximate surface area is 410 Å². The second-order valence-corrected chi connectivity index (χ2v) is 25.2. The Morgan fingerprint density at radius 1 is 0.478 bits per heavy atom. The van der Waals surface area contributed by atoms with Crippen molar-refractivity contribution in [2.75, 3.05) is 0 Å². The summed E-state index contributed by atoms with van der Waals surface area (Å²) in [6.07, 6.45) is 12.0. The lowest BCUT2D eigenvalue weighted by atomic mass is 9.65. The van der Waals surface area contributed by atoms with Crippen LogP contribution in [0.15, 0.2) is 122 Å². The molecular weight excluding hydrogens is 831 g/mol. The highest BCUT2D eigenvalue weighted by molar-refractivity contribution is 6.32. The van der Waals surface area contributed by atoms with E-state index in [2.05, 4.69) is 177 Å². The van der Waals surface area contributed by atoms with Crippen LogP contribution in [0.2, 0.25) is 0 Å². The predicted octanol–water partition coefficient (Wildman–Crippen LogP) is 18.7. The van der Waals surface area contributed by atoms with Crippen molar-refractivity contribution in [3.05, 3.63) is 172 Å². The van der Waals surface area contributed by atoms with Crippen molar-refractivity contribution in [2.24, 2.45) is 10.8 Å². The Hall–Kier alpha value is -5.92. The smallest absolute Gasteiger partial charge is 0.0633 e. The van der Waals surface area contributed by atoms with E-state index in [1.165, 1.54) is 190 Å². The molecule has 344 valence electrons. The monoisotopic (exact) mass is 898 g/mol. The maximum atomic E-state index is 5.02. The molecule has 0 N–H and O–H groups in total. The van der Waals surface area contributed by atoms with Crippen molar-refractivity contribution in [1.82, 2.24) is 4.40 Å². The average Bonchev–Trinajstić information content (AvgIpc) is 3.94. The van der Waals surface area contributed by atoms with Crippen LogP contribution in [-0.4, -0.2) is 4.40 Å². The number of hydrogen-bond donors (Lipinski definition) is 0. The van der Waals surface area contributed by atoms with E-state index in [4.69, 9.17) is 13.2 Å². The Kier molecular flexibility index (Phi) is 7.96. The summed E-state index contributed by atoms with van der Waals surface area (Å²) in [6, 6.07) is 39.0. The molecule has 2 aromatic heterocycles. The molecule has 8 aromatic rings. The van der Waals surface area contributed by atoms with Gasteiger partial charge >= 0.3 is 0 Å². The van der Waals surface area contributed by atoms with E-state index < -0.39 is 0 Å². The zero-order valence-corrected chi connectivity index (χ0v) is 42.8. The molecule has 6 aromatic carbocycles. The molecular formula is C68H67N. The topological polar surface area (TPSA) is 4.41 Å². The molecule has 0 radical (unpaired) electrons. The van der Waals surface area contributed by atoms with Gasteiger partial charge in [-0.2, -0.15) is 0 Å². The standard InChI is InChI=1S/C68H67N/c1-13-41(58-40(4)63(5,6)51-22-16-14-19-43(51)58)47-33-48(42-21-18-24-53-59(42)44-20-15-17-23-52(44)64(53,7)8)61-50-35-55-46(39(3)66(10)27-31-68(55,12)32-28-66)37-57(50)69-56-36-45-38(2)65(9)25-29-67(11,30-26-65)54(45)34-49(56)60(47)62(61)69/h13-24,33-37H,2-3,25-32H2,1,4-12H3/b41-13-. The highest BCUT2D eigenvalue weighted by Gasteiger charge is 2.48. The maximum Gasteiger partial charge on any atom is 0.0633 e. The summed E-state index contributed by atoms with van der Waals surface area (Å²) in [5, 5.41) is 5.53. The Morgan fingerprint density at radius 2 is 0.957 bits per heavy atom. The van der Waals surface area contributed by atoms with Gasteiger partial charge in [0.25, 0.3) is 0 Å². The van der Waals surface area contributed by atoms with Crippen molar-refractivity contribution in [1.29, 1.82) is 0 Å². The molecule has 0 amide bonds. The van der Waals surface area contributed by atoms with Crippen molar-refractivity contribution < 1.29 is 0 Å². The van der Waals surface area contributed by atoms with Gasteiger partial charge < -0.3 is 4.40 Å². The molecule has 2 heterocycles. The fraction of sp³-hybridized carbons (Fsp3) is 0.353. The van der Waals surface area contributed by atoms with E-state index in [9.17, 15) is 0 Å². The molecule has 0 aliphatic heterocycles. The third-order valence-corrected chi connectivity index (χ3v) is 21.1. The summed E-state index contributed by atoms with van der Waals surface area (Å²) in [7, 11) is 0. The molecule has 0 saturated heterocycles. The van der Waals surface area contributed by atoms with Gasteiger partial charge in [0.15, 0.2) is 0 Å². The lowest BCUT2D eigenvalue weighted by Crippen LogP contribution is -2.30. The van der Waals surface area contributed by atoms with Crippen LogP contribution in [0.4, 0.5) is 0 Å². The molecule has 2 saturated carbocycles. The lowest BCUT2D eigenvalue weighted by molar-refractivity contribution is 0.220. The molecule has 0 unspecified atom stereocenters. The van der Waals surface area contributed by atoms with Crippen LogP contribution >= 0.6 is 0 Å². The van der Waals surface area contributed by atoms with E-state index >= 15 is 0 Å². The van der Waals surface area contributed by atoms with Crippen LogP contribution in [-0.2, 0) is 21.7 Å². The third-order valence-electron chi connectivity index (χ3n) is 21.1. The number of fused-ring (bicyclic) bond motifs is 14. The van der Waals surface area contributed by atoms with Gasteiger partial charge in [-0.1, -0.05) is 147 Å². The number of hydrogen-bond acceptors (Lipinski definition) is 0. The molecule has 1 nitrogen and oxygen atoms in total. The first-order valence-electron chi connectivity index (χ1n) is 26.4. The Morgan fingerprint density at radius 3 is 1.52 bits per heavy atom. The van der Waals surface area contributed by atoms with Crippen molar-refractivity contribution in [3.63, 3.8) is 0 Å². The van der Waals surface area contributed by atoms with E-state index in [0.717, 1.165) is 0 Å². The van der Waals surface area contributed by atoms with Gasteiger partial charge in [0.1, 0.15) is 0 Å². The zero-order chi connectivity index (χ0) is 47.7. The second-order valence-electron chi connectivity index (χ2n) is 25.2. The van der Waals surface area contributed by atoms with Crippen LogP contribution in [0.5, 0.6) is 0 Å². The van der Waals surface area contributed by atoms with Gasteiger partial charge in [0.05, 0.1) is 16.6 Å². The van der Waals surface area contributed by atoms with Gasteiger partial charge in [-0.15, -0.1) is 0 Å². The summed E-state index contributed by atoms with van der Waals surface area (Å²) in [4.78, 5) is 0. The molecule has 0 atom stereocenters. The molecule has 8 aliphatic carbocycles. The molecule has 0 spiro atoms. The lowest BCUT2D eigenvalue weighted by Gasteiger charge is -2.39. The predicted molar refractivity (Wildman–Crippen MR) is 296 cm³/mol. The Bertz CT molecular complexity index is 3770. The Balaban J connectivity index is 1.21. The van der Waals surface area contributed by atoms with Crippen molar-refractivity contribution in [3.8, 4) is 22.3 Å². The SMILES string of the molecule is C=C1c2cc3c(cc2C2(C)CCC1(C)CC2)c1c(/C(=C/C)C2=C(C)C(C)(C)c4ccccc42)cc(-c2cccc4c2-c2ccccc2C4(C)C)c2c4cc5c(cc4n3c12)C(=C)C1(C)CCC5(C)CC1. The normalized spacial score (nSPS) is 27.4. The number of benzene rings is 6. The first-order valence-corrected chi connectivity index (χ1v) is 26.4. The molecule has 16 rings (SSSR count). The second kappa shape index (κ2) is 13.1. The van der Waals surface area contributed by atoms with Crippen LogP contribution in [0.3, 0.4) is 0 Å². The third kappa shape index (κ3) is 4.98. The summed E-state index contributed by atoms with van der Waals surface area (Å²) in [5.74, 6) is 0. The van der Waals surface area contributed by atoms with Gasteiger partial charge in [-0.05, 0) is 212 Å². The molecule has 8 aliphatic rings. The quantitative estimate of drug-likeness (QED) is 0.166. The minimum atomic E-state index is -0.120. The van der Waals surface area contributed by atoms with Gasteiger partial charge in [-0.3, -0.25) is 0 Å². The fourth-order valence-corrected chi connectivity index (χ4v) is 15.9. The van der Waals surface area contributed by atoms with Gasteiger partial charge in [-0.25, -0.2) is 0 Å². The average molecular weight is 898 g/mol. The number of rotatable bonds is 3. The molecule has 69 heavy (non-hydrogen) atoms. The van der Waals surface area contributed by atoms with E-state index in [0.29, 0.717) is 0 Å². The minimum Gasteiger partial charge on any atom is -0.308 e. The van der Waals surface area contributed by atoms with E-state index in [1.54, 1.807) is 0 Å². The first-order chi connectivity index (χ1) is 32.9. The summed E-state index contributed by atoms with van der Waals surface area (Å²) in [6.45, 7) is 34.6. The number of aromatic nitrogens is 1. The van der Waals surface area contributed by atoms with Crippen LogP contribution in [0.1, 0.15) is 171 Å². The molecule has 1 heteroatoms. The fourth-order valence-electron chi connectivity index (χ4n) is 15.9. The van der Waals surface area contributed by atoms with E-state index in [-0.39, 0.29) is 32.5 Å². The maximum absolute atomic E-state index is 5.02. The number of allylic oxidation sites excluding steroid dienone is 6. The van der Waals surface area contributed by atoms with Crippen molar-refractivity contribution in [2.45, 2.75) is 142 Å². The zero-order valence-electron chi connectivity index (χ0n) is 42.8. The van der Waals surface area contributed by atoms with Gasteiger partial charge in [0, 0.05) is 32.4 Å². The minimum absolute atomic E-state index is 0.0937. The van der Waals surface area contributed by atoms with Crippen LogP contribution < -0.4 is 0 Å². The van der Waals surface area contributed by atoms with Crippen LogP contribution in [0.25, 0.3) is 82.6 Å². The first kappa shape index (κ1) is 42.0. The van der Waals surface area contributed by atoms with Crippen LogP contribution in [0, 0.1) is 10.8 Å². The van der Waals surface area contributed by atoms with Gasteiger partial charge in [0.2, 0.25) is 0 Å². The molecule has 4 bridgehead atoms.